The molecule has 0 aliphatic carbocycles. The first-order valence-corrected chi connectivity index (χ1v) is 7.16. The van der Waals surface area contributed by atoms with Crippen LogP contribution < -0.4 is 5.32 Å². The minimum absolute atomic E-state index is 0.316. The molecule has 0 heterocycles. The molecule has 0 amide bonds. The van der Waals surface area contributed by atoms with E-state index in [1.165, 1.54) is 11.1 Å². The molecule has 0 saturated carbocycles. The van der Waals surface area contributed by atoms with Crippen LogP contribution in [0, 0.1) is 0 Å². The average molecular weight is 320 g/mol. The van der Waals surface area contributed by atoms with E-state index in [0.29, 0.717) is 11.8 Å². The van der Waals surface area contributed by atoms with Crippen LogP contribution in [0.5, 0.6) is 5.75 Å². The maximum atomic E-state index is 9.29. The molecule has 0 spiro atoms. The van der Waals surface area contributed by atoms with Gasteiger partial charge in [-0.05, 0) is 55.3 Å². The zero-order valence-corrected chi connectivity index (χ0v) is 12.5. The molecule has 19 heavy (non-hydrogen) atoms. The van der Waals surface area contributed by atoms with Crippen LogP contribution in [0.15, 0.2) is 53.0 Å². The van der Waals surface area contributed by atoms with Gasteiger partial charge in [0, 0.05) is 10.5 Å². The Hall–Kier alpha value is -1.32. The zero-order chi connectivity index (χ0) is 13.7. The van der Waals surface area contributed by atoms with Gasteiger partial charge in [0.05, 0.1) is 0 Å². The Morgan fingerprint density at radius 3 is 2.37 bits per heavy atom. The van der Waals surface area contributed by atoms with Gasteiger partial charge in [-0.15, -0.1) is 0 Å². The molecule has 2 aromatic rings. The number of aromatic hydroxyl groups is 1. The quantitative estimate of drug-likeness (QED) is 0.883. The van der Waals surface area contributed by atoms with E-state index >= 15 is 0 Å². The lowest BCUT2D eigenvalue weighted by atomic mass is 9.99. The number of rotatable bonds is 5. The lowest BCUT2D eigenvalue weighted by Gasteiger charge is -2.16. The van der Waals surface area contributed by atoms with Crippen LogP contribution in [0.1, 0.15) is 11.1 Å². The fraction of sp³-hybridized carbons (Fsp3) is 0.250. The van der Waals surface area contributed by atoms with Crippen molar-refractivity contribution < 1.29 is 5.11 Å². The third kappa shape index (κ3) is 4.37. The van der Waals surface area contributed by atoms with Crippen molar-refractivity contribution in [3.8, 4) is 5.75 Å². The molecule has 0 aliphatic heterocycles. The Kier molecular flexibility index (Phi) is 5.00. The molecule has 3 heteroatoms. The third-order valence-corrected chi connectivity index (χ3v) is 3.69. The fourth-order valence-electron chi connectivity index (χ4n) is 2.14. The van der Waals surface area contributed by atoms with Crippen LogP contribution in [0.3, 0.4) is 0 Å². The smallest absolute Gasteiger partial charge is 0.115 e. The van der Waals surface area contributed by atoms with Crippen LogP contribution in [0.4, 0.5) is 0 Å². The summed E-state index contributed by atoms with van der Waals surface area (Å²) in [5.41, 5.74) is 2.54. The van der Waals surface area contributed by atoms with E-state index in [9.17, 15) is 5.11 Å². The first-order chi connectivity index (χ1) is 9.17. The third-order valence-electron chi connectivity index (χ3n) is 3.20. The summed E-state index contributed by atoms with van der Waals surface area (Å²) in [4.78, 5) is 0. The second-order valence-corrected chi connectivity index (χ2v) is 5.61. The maximum absolute atomic E-state index is 9.29. The summed E-state index contributed by atoms with van der Waals surface area (Å²) in [6.07, 6.45) is 1.93. The number of halogens is 1. The second kappa shape index (κ2) is 6.73. The molecule has 100 valence electrons. The van der Waals surface area contributed by atoms with E-state index in [-0.39, 0.29) is 0 Å². The Bertz CT molecular complexity index is 525. The van der Waals surface area contributed by atoms with E-state index in [1.807, 2.05) is 25.2 Å². The monoisotopic (exact) mass is 319 g/mol. The average Bonchev–Trinajstić information content (AvgIpc) is 2.40. The van der Waals surface area contributed by atoms with E-state index in [1.54, 1.807) is 12.1 Å². The van der Waals surface area contributed by atoms with Crippen LogP contribution in [0.25, 0.3) is 0 Å². The Morgan fingerprint density at radius 1 is 1.05 bits per heavy atom. The van der Waals surface area contributed by atoms with E-state index in [0.717, 1.165) is 17.3 Å². The molecule has 0 bridgehead atoms. The molecule has 1 atom stereocenters. The standard InChI is InChI=1S/C16H18BrNO/c1-18-15(10-12-5-7-16(19)8-6-12)11-13-3-2-4-14(17)9-13/h2-9,15,18-19H,10-11H2,1H3. The van der Waals surface area contributed by atoms with Crippen molar-refractivity contribution in [1.29, 1.82) is 0 Å². The van der Waals surface area contributed by atoms with Crippen molar-refractivity contribution in [1.82, 2.24) is 5.32 Å². The molecule has 2 aromatic carbocycles. The van der Waals surface area contributed by atoms with Crippen molar-refractivity contribution in [3.63, 3.8) is 0 Å². The number of likely N-dealkylation sites (N-methyl/N-ethyl adjacent to an activating group) is 1. The van der Waals surface area contributed by atoms with E-state index in [4.69, 9.17) is 0 Å². The van der Waals surface area contributed by atoms with Crippen molar-refractivity contribution in [2.45, 2.75) is 18.9 Å². The molecular weight excluding hydrogens is 302 g/mol. The summed E-state index contributed by atoms with van der Waals surface area (Å²) in [6, 6.07) is 16.2. The van der Waals surface area contributed by atoms with Gasteiger partial charge in [-0.1, -0.05) is 40.2 Å². The molecule has 0 aromatic heterocycles. The Labute approximate surface area is 122 Å². The summed E-state index contributed by atoms with van der Waals surface area (Å²) >= 11 is 3.50. The number of nitrogens with one attached hydrogen (secondary N) is 1. The molecular formula is C16H18BrNO. The normalized spacial score (nSPS) is 12.3. The van der Waals surface area contributed by atoms with Gasteiger partial charge in [0.25, 0.3) is 0 Å². The molecule has 0 fully saturated rings. The van der Waals surface area contributed by atoms with Crippen LogP contribution >= 0.6 is 15.9 Å². The van der Waals surface area contributed by atoms with Gasteiger partial charge >= 0.3 is 0 Å². The first kappa shape index (κ1) is 14.1. The predicted octanol–water partition coefficient (Wildman–Crippen LogP) is 3.53. The van der Waals surface area contributed by atoms with Gasteiger partial charge in [0.2, 0.25) is 0 Å². The molecule has 1 unspecified atom stereocenters. The highest BCUT2D eigenvalue weighted by atomic mass is 79.9. The largest absolute Gasteiger partial charge is 0.508 e. The van der Waals surface area contributed by atoms with Crippen LogP contribution in [-0.4, -0.2) is 18.2 Å². The highest BCUT2D eigenvalue weighted by molar-refractivity contribution is 9.10. The molecule has 2 rings (SSSR count). The number of hydrogen-bond acceptors (Lipinski definition) is 2. The van der Waals surface area contributed by atoms with Crippen molar-refractivity contribution in [3.05, 3.63) is 64.1 Å². The SMILES string of the molecule is CNC(Cc1ccc(O)cc1)Cc1cccc(Br)c1. The van der Waals surface area contributed by atoms with Crippen molar-refractivity contribution in [2.24, 2.45) is 0 Å². The number of phenols is 1. The van der Waals surface area contributed by atoms with Crippen LogP contribution in [0.2, 0.25) is 0 Å². The lowest BCUT2D eigenvalue weighted by Crippen LogP contribution is -2.29. The van der Waals surface area contributed by atoms with Gasteiger partial charge in [-0.25, -0.2) is 0 Å². The summed E-state index contributed by atoms with van der Waals surface area (Å²) < 4.78 is 1.12. The van der Waals surface area contributed by atoms with Gasteiger partial charge in [-0.3, -0.25) is 0 Å². The lowest BCUT2D eigenvalue weighted by molar-refractivity contribution is 0.474. The fourth-order valence-corrected chi connectivity index (χ4v) is 2.59. The molecule has 0 radical (unpaired) electrons. The molecule has 0 saturated heterocycles. The van der Waals surface area contributed by atoms with Gasteiger partial charge < -0.3 is 10.4 Å². The van der Waals surface area contributed by atoms with Gasteiger partial charge in [0.15, 0.2) is 0 Å². The van der Waals surface area contributed by atoms with Crippen molar-refractivity contribution in [2.75, 3.05) is 7.05 Å². The summed E-state index contributed by atoms with van der Waals surface area (Å²) in [5, 5.41) is 12.6. The Morgan fingerprint density at radius 2 is 1.74 bits per heavy atom. The van der Waals surface area contributed by atoms with Gasteiger partial charge in [-0.2, -0.15) is 0 Å². The zero-order valence-electron chi connectivity index (χ0n) is 10.9. The highest BCUT2D eigenvalue weighted by Gasteiger charge is 2.08. The Balaban J connectivity index is 2.02. The van der Waals surface area contributed by atoms with Gasteiger partial charge in [0.1, 0.15) is 5.75 Å². The molecule has 2 N–H and O–H groups in total. The minimum Gasteiger partial charge on any atom is -0.508 e. The first-order valence-electron chi connectivity index (χ1n) is 6.37. The van der Waals surface area contributed by atoms with E-state index in [2.05, 4.69) is 39.4 Å². The second-order valence-electron chi connectivity index (χ2n) is 4.69. The highest BCUT2D eigenvalue weighted by Crippen LogP contribution is 2.16. The summed E-state index contributed by atoms with van der Waals surface area (Å²) in [7, 11) is 1.99. The summed E-state index contributed by atoms with van der Waals surface area (Å²) in [5.74, 6) is 0.316. The number of benzene rings is 2. The number of phenolic OH excluding ortho intramolecular Hbond substituents is 1. The van der Waals surface area contributed by atoms with Crippen molar-refractivity contribution >= 4 is 15.9 Å². The van der Waals surface area contributed by atoms with Crippen LogP contribution in [-0.2, 0) is 12.8 Å². The maximum Gasteiger partial charge on any atom is 0.115 e. The topological polar surface area (TPSA) is 32.3 Å². The molecule has 2 nitrogen and oxygen atoms in total. The molecule has 0 aliphatic rings. The minimum atomic E-state index is 0.316. The van der Waals surface area contributed by atoms with E-state index < -0.39 is 0 Å². The summed E-state index contributed by atoms with van der Waals surface area (Å²) in [6.45, 7) is 0. The number of hydrogen-bond donors (Lipinski definition) is 2. The predicted molar refractivity (Wildman–Crippen MR) is 82.5 cm³/mol.